The predicted molar refractivity (Wildman–Crippen MR) is 173 cm³/mol. The first-order chi connectivity index (χ1) is 19.0. The van der Waals surface area contributed by atoms with Crippen LogP contribution in [0.2, 0.25) is 0 Å². The Labute approximate surface area is 266 Å². The quantitative estimate of drug-likeness (QED) is 0.206. The van der Waals surface area contributed by atoms with E-state index in [1.54, 1.807) is 14.2 Å². The summed E-state index contributed by atoms with van der Waals surface area (Å²) in [5, 5.41) is 14.0. The van der Waals surface area contributed by atoms with Crippen LogP contribution in [-0.2, 0) is 20.7 Å². The van der Waals surface area contributed by atoms with E-state index in [-0.39, 0.29) is 48.1 Å². The smallest absolute Gasteiger partial charge is 0.222 e. The summed E-state index contributed by atoms with van der Waals surface area (Å²) < 4.78 is 22.0. The molecule has 0 aliphatic carbocycles. The molecule has 0 spiro atoms. The van der Waals surface area contributed by atoms with E-state index < -0.39 is 12.1 Å². The number of carbonyl (C=O) groups excluding carboxylic acids is 1. The van der Waals surface area contributed by atoms with E-state index in [0.717, 1.165) is 50.5 Å². The SMILES string of the molecule is COCCCOc1cc(C[C@@H](C[C@H](N)[C@@H](O)C[C@@H](C)C(=O)NCC(C)(C)N2CCOCC2)C(C)C)ccc1OC.Cl.Cl. The molecule has 0 saturated carbocycles. The molecule has 1 aliphatic heterocycles. The zero-order valence-electron chi connectivity index (χ0n) is 26.7. The van der Waals surface area contributed by atoms with Gasteiger partial charge in [-0.05, 0) is 62.6 Å². The summed E-state index contributed by atoms with van der Waals surface area (Å²) in [4.78, 5) is 15.2. The van der Waals surface area contributed by atoms with E-state index in [2.05, 4.69) is 44.0 Å². The van der Waals surface area contributed by atoms with Crippen molar-refractivity contribution in [1.29, 1.82) is 0 Å². The average Bonchev–Trinajstić information content (AvgIpc) is 2.94. The van der Waals surface area contributed by atoms with Crippen LogP contribution in [0.4, 0.5) is 0 Å². The van der Waals surface area contributed by atoms with E-state index in [1.165, 1.54) is 0 Å². The fraction of sp³-hybridized carbons (Fsp3) is 0.774. The molecular weight excluding hydrogens is 581 g/mol. The van der Waals surface area contributed by atoms with Crippen LogP contribution in [0.5, 0.6) is 11.5 Å². The maximum Gasteiger partial charge on any atom is 0.222 e. The van der Waals surface area contributed by atoms with Gasteiger partial charge in [-0.2, -0.15) is 0 Å². The Morgan fingerprint density at radius 3 is 2.36 bits per heavy atom. The zero-order chi connectivity index (χ0) is 29.7. The fourth-order valence-corrected chi connectivity index (χ4v) is 5.15. The number of morpholine rings is 1. The number of methoxy groups -OCH3 is 2. The lowest BCUT2D eigenvalue weighted by atomic mass is 9.82. The number of nitrogens with one attached hydrogen (secondary N) is 1. The molecule has 4 N–H and O–H groups in total. The van der Waals surface area contributed by atoms with Crippen LogP contribution < -0.4 is 20.5 Å². The van der Waals surface area contributed by atoms with Gasteiger partial charge in [-0.3, -0.25) is 9.69 Å². The number of hydrogen-bond donors (Lipinski definition) is 3. The molecule has 1 heterocycles. The van der Waals surface area contributed by atoms with E-state index in [0.29, 0.717) is 44.3 Å². The highest BCUT2D eigenvalue weighted by molar-refractivity contribution is 5.85. The number of benzene rings is 1. The van der Waals surface area contributed by atoms with Gasteiger partial charge in [-0.15, -0.1) is 24.8 Å². The third-order valence-electron chi connectivity index (χ3n) is 8.09. The van der Waals surface area contributed by atoms with Gasteiger partial charge in [0.1, 0.15) is 0 Å². The van der Waals surface area contributed by atoms with Gasteiger partial charge in [0.25, 0.3) is 0 Å². The molecule has 1 aromatic rings. The summed E-state index contributed by atoms with van der Waals surface area (Å²) in [6.45, 7) is 15.4. The highest BCUT2D eigenvalue weighted by atomic mass is 35.5. The van der Waals surface area contributed by atoms with E-state index in [1.807, 2.05) is 19.1 Å². The number of ether oxygens (including phenoxy) is 4. The molecule has 0 radical (unpaired) electrons. The van der Waals surface area contributed by atoms with Crippen molar-refractivity contribution in [2.45, 2.75) is 78.0 Å². The Morgan fingerprint density at radius 2 is 1.76 bits per heavy atom. The van der Waals surface area contributed by atoms with E-state index >= 15 is 0 Å². The molecule has 1 aromatic carbocycles. The first-order valence-electron chi connectivity index (χ1n) is 14.8. The maximum atomic E-state index is 12.9. The van der Waals surface area contributed by atoms with Gasteiger partial charge in [0.05, 0.1) is 33.0 Å². The summed E-state index contributed by atoms with van der Waals surface area (Å²) in [6.07, 6.45) is 1.84. The maximum absolute atomic E-state index is 12.9. The molecule has 1 aliphatic rings. The molecule has 0 aromatic heterocycles. The van der Waals surface area contributed by atoms with E-state index in [4.69, 9.17) is 24.7 Å². The van der Waals surface area contributed by atoms with Crippen molar-refractivity contribution < 1.29 is 28.8 Å². The molecule has 1 fully saturated rings. The van der Waals surface area contributed by atoms with Crippen LogP contribution in [0.3, 0.4) is 0 Å². The molecule has 0 bridgehead atoms. The standard InChI is InChI=1S/C31H55N3O6.2ClH/c1-22(2)25(18-24-9-10-28(38-7)29(19-24)40-14-8-13-37-6)20-26(32)27(35)17-23(3)30(36)33-21-31(4,5)34-11-15-39-16-12-34;;/h9-10,19,22-23,25-27,35H,8,11-18,20-21,32H2,1-7H3,(H,33,36);2*1H/t23-,25+,26+,27+;;/m1../s1. The fourth-order valence-electron chi connectivity index (χ4n) is 5.15. The lowest BCUT2D eigenvalue weighted by Gasteiger charge is -2.41. The molecule has 11 heteroatoms. The van der Waals surface area contributed by atoms with Crippen LogP contribution in [0.15, 0.2) is 18.2 Å². The minimum atomic E-state index is -0.759. The first kappa shape index (κ1) is 40.7. The number of aliphatic hydroxyl groups is 1. The molecule has 9 nitrogen and oxygen atoms in total. The van der Waals surface area contributed by atoms with Crippen molar-refractivity contribution in [3.63, 3.8) is 0 Å². The largest absolute Gasteiger partial charge is 0.493 e. The Bertz CT molecular complexity index is 886. The summed E-state index contributed by atoms with van der Waals surface area (Å²) >= 11 is 0. The topological polar surface area (TPSA) is 116 Å². The summed E-state index contributed by atoms with van der Waals surface area (Å²) in [5.74, 6) is 1.67. The van der Waals surface area contributed by atoms with Gasteiger partial charge in [-0.1, -0.05) is 26.8 Å². The zero-order valence-corrected chi connectivity index (χ0v) is 28.4. The van der Waals surface area contributed by atoms with Crippen molar-refractivity contribution in [3.05, 3.63) is 23.8 Å². The van der Waals surface area contributed by atoms with Gasteiger partial charge in [0, 0.05) is 57.3 Å². The molecule has 42 heavy (non-hydrogen) atoms. The monoisotopic (exact) mass is 637 g/mol. The molecule has 2 rings (SSSR count). The molecule has 246 valence electrons. The van der Waals surface area contributed by atoms with Crippen LogP contribution in [0.25, 0.3) is 0 Å². The van der Waals surface area contributed by atoms with Gasteiger partial charge in [-0.25, -0.2) is 0 Å². The third-order valence-corrected chi connectivity index (χ3v) is 8.09. The average molecular weight is 639 g/mol. The third kappa shape index (κ3) is 13.5. The number of nitrogens with two attached hydrogens (primary N) is 1. The van der Waals surface area contributed by atoms with Gasteiger partial charge in [0.2, 0.25) is 5.91 Å². The van der Waals surface area contributed by atoms with Crippen LogP contribution in [-0.4, -0.2) is 93.9 Å². The van der Waals surface area contributed by atoms with Gasteiger partial charge < -0.3 is 35.1 Å². The first-order valence-corrected chi connectivity index (χ1v) is 14.8. The number of halogens is 2. The van der Waals surface area contributed by atoms with Gasteiger partial charge in [0.15, 0.2) is 11.5 Å². The van der Waals surface area contributed by atoms with Crippen LogP contribution >= 0.6 is 24.8 Å². The minimum Gasteiger partial charge on any atom is -0.493 e. The van der Waals surface area contributed by atoms with Crippen LogP contribution in [0.1, 0.15) is 59.4 Å². The highest BCUT2D eigenvalue weighted by Crippen LogP contribution is 2.31. The van der Waals surface area contributed by atoms with Crippen molar-refractivity contribution >= 4 is 30.7 Å². The summed E-state index contributed by atoms with van der Waals surface area (Å²) in [6, 6.07) is 5.61. The Hall–Kier alpha value is -1.33. The second kappa shape index (κ2) is 20.6. The van der Waals surface area contributed by atoms with Gasteiger partial charge >= 0.3 is 0 Å². The number of nitrogens with zero attached hydrogens (tertiary/aromatic N) is 1. The summed E-state index contributed by atoms with van der Waals surface area (Å²) in [7, 11) is 3.32. The molecule has 0 unspecified atom stereocenters. The molecule has 1 amide bonds. The lowest BCUT2D eigenvalue weighted by molar-refractivity contribution is -0.126. The number of amides is 1. The second-order valence-electron chi connectivity index (χ2n) is 12.1. The van der Waals surface area contributed by atoms with Crippen molar-refractivity contribution in [1.82, 2.24) is 10.2 Å². The van der Waals surface area contributed by atoms with Crippen molar-refractivity contribution in [2.24, 2.45) is 23.5 Å². The summed E-state index contributed by atoms with van der Waals surface area (Å²) in [5.41, 5.74) is 7.49. The Balaban J connectivity index is 0.00000840. The number of rotatable bonds is 18. The van der Waals surface area contributed by atoms with Crippen LogP contribution in [0, 0.1) is 17.8 Å². The Morgan fingerprint density at radius 1 is 1.10 bits per heavy atom. The lowest BCUT2D eigenvalue weighted by Crippen LogP contribution is -2.55. The number of aliphatic hydroxyl groups excluding tert-OH is 1. The molecular formula is C31H57Cl2N3O6. The predicted octanol–water partition coefficient (Wildman–Crippen LogP) is 4.10. The highest BCUT2D eigenvalue weighted by Gasteiger charge is 2.30. The second-order valence-corrected chi connectivity index (χ2v) is 12.1. The number of hydrogen-bond acceptors (Lipinski definition) is 8. The van der Waals surface area contributed by atoms with Crippen molar-refractivity contribution in [2.75, 3.05) is 60.3 Å². The van der Waals surface area contributed by atoms with E-state index in [9.17, 15) is 9.90 Å². The van der Waals surface area contributed by atoms with Crippen molar-refractivity contribution in [3.8, 4) is 11.5 Å². The number of carbonyl (C=O) groups is 1. The minimum absolute atomic E-state index is 0. The molecule has 1 saturated heterocycles. The Kier molecular flexibility index (Phi) is 19.9. The molecule has 4 atom stereocenters. The normalized spacial score (nSPS) is 16.9.